The van der Waals surface area contributed by atoms with E-state index in [1.54, 1.807) is 12.5 Å². The minimum atomic E-state index is 0.207. The third-order valence-corrected chi connectivity index (χ3v) is 6.56. The Labute approximate surface area is 225 Å². The predicted molar refractivity (Wildman–Crippen MR) is 158 cm³/mol. The second kappa shape index (κ2) is 12.3. The third kappa shape index (κ3) is 6.35. The highest BCUT2D eigenvalue weighted by Gasteiger charge is 2.12. The molecule has 0 amide bonds. The number of nitrogens with one attached hydrogen (secondary N) is 1. The first-order valence-corrected chi connectivity index (χ1v) is 13.1. The zero-order chi connectivity index (χ0) is 27.1. The van der Waals surface area contributed by atoms with Gasteiger partial charge >= 0.3 is 0 Å². The molecule has 3 aromatic carbocycles. The quantitative estimate of drug-likeness (QED) is 0.186. The van der Waals surface area contributed by atoms with Crippen LogP contribution >= 0.6 is 0 Å². The number of aromatic nitrogens is 2. The SMILES string of the molecule is C=CN(C)c1ccc(Oc2ccc(Nc3ncnc4ccc(O[C@H](CC)CCCC)cc34)cc2C)cc1N. The third-order valence-electron chi connectivity index (χ3n) is 6.56. The fourth-order valence-corrected chi connectivity index (χ4v) is 4.30. The van der Waals surface area contributed by atoms with Gasteiger partial charge in [-0.25, -0.2) is 9.97 Å². The Hall–Kier alpha value is -4.26. The molecule has 0 bridgehead atoms. The van der Waals surface area contributed by atoms with Crippen LogP contribution < -0.4 is 25.4 Å². The van der Waals surface area contributed by atoms with Gasteiger partial charge in [0.15, 0.2) is 0 Å². The first-order valence-electron chi connectivity index (χ1n) is 13.1. The predicted octanol–water partition coefficient (Wildman–Crippen LogP) is 7.98. The normalized spacial score (nSPS) is 11.7. The van der Waals surface area contributed by atoms with Crippen LogP contribution in [0.5, 0.6) is 17.2 Å². The summed E-state index contributed by atoms with van der Waals surface area (Å²) in [6.45, 7) is 10.2. The van der Waals surface area contributed by atoms with Crippen molar-refractivity contribution >= 4 is 33.8 Å². The summed E-state index contributed by atoms with van der Waals surface area (Å²) >= 11 is 0. The minimum absolute atomic E-state index is 0.207. The Morgan fingerprint density at radius 3 is 2.58 bits per heavy atom. The first kappa shape index (κ1) is 26.8. The largest absolute Gasteiger partial charge is 0.490 e. The molecule has 3 N–H and O–H groups in total. The standard InChI is InChI=1S/C31H37N5O2/c1-6-9-10-23(7-2)37-24-12-14-28-26(18-24)31(34-20-33-28)35-22-11-16-30(21(4)17-22)38-25-13-15-29(27(32)19-25)36(5)8-3/h8,11-20,23H,3,6-7,9-10,32H2,1-2,4-5H3,(H,33,34,35)/t23-/m1/s1. The van der Waals surface area contributed by atoms with E-state index < -0.39 is 0 Å². The highest BCUT2D eigenvalue weighted by atomic mass is 16.5. The van der Waals surface area contributed by atoms with E-state index in [1.807, 2.05) is 73.5 Å². The van der Waals surface area contributed by atoms with Crippen LogP contribution in [0.2, 0.25) is 0 Å². The van der Waals surface area contributed by atoms with Crippen LogP contribution in [-0.4, -0.2) is 23.1 Å². The summed E-state index contributed by atoms with van der Waals surface area (Å²) in [4.78, 5) is 10.8. The number of unbranched alkanes of at least 4 members (excludes halogenated alkanes) is 1. The molecule has 198 valence electrons. The van der Waals surface area contributed by atoms with Crippen molar-refractivity contribution < 1.29 is 9.47 Å². The molecular weight excluding hydrogens is 474 g/mol. The molecule has 0 spiro atoms. The second-order valence-electron chi connectivity index (χ2n) is 9.41. The van der Waals surface area contributed by atoms with Crippen molar-refractivity contribution in [2.75, 3.05) is 23.0 Å². The number of hydrogen-bond donors (Lipinski definition) is 2. The van der Waals surface area contributed by atoms with E-state index >= 15 is 0 Å². The van der Waals surface area contributed by atoms with Crippen molar-refractivity contribution in [1.82, 2.24) is 9.97 Å². The number of fused-ring (bicyclic) bond motifs is 1. The lowest BCUT2D eigenvalue weighted by Crippen LogP contribution is -2.15. The van der Waals surface area contributed by atoms with Crippen molar-refractivity contribution in [2.24, 2.45) is 0 Å². The zero-order valence-corrected chi connectivity index (χ0v) is 22.7. The fourth-order valence-electron chi connectivity index (χ4n) is 4.30. The van der Waals surface area contributed by atoms with E-state index in [9.17, 15) is 0 Å². The van der Waals surface area contributed by atoms with E-state index in [0.717, 1.165) is 70.8 Å². The van der Waals surface area contributed by atoms with Crippen molar-refractivity contribution in [2.45, 2.75) is 52.6 Å². The molecule has 38 heavy (non-hydrogen) atoms. The summed E-state index contributed by atoms with van der Waals surface area (Å²) in [5.41, 5.74) is 10.4. The molecule has 1 atom stereocenters. The number of rotatable bonds is 12. The molecule has 1 aromatic heterocycles. The summed E-state index contributed by atoms with van der Waals surface area (Å²) in [6, 6.07) is 17.6. The van der Waals surface area contributed by atoms with Gasteiger partial charge in [-0.05, 0) is 80.1 Å². The molecule has 0 unspecified atom stereocenters. The van der Waals surface area contributed by atoms with E-state index in [2.05, 4.69) is 35.7 Å². The van der Waals surface area contributed by atoms with E-state index in [4.69, 9.17) is 15.2 Å². The van der Waals surface area contributed by atoms with Crippen LogP contribution in [0, 0.1) is 6.92 Å². The van der Waals surface area contributed by atoms with E-state index in [1.165, 1.54) is 0 Å². The lowest BCUT2D eigenvalue weighted by atomic mass is 10.1. The second-order valence-corrected chi connectivity index (χ2v) is 9.41. The maximum Gasteiger partial charge on any atom is 0.141 e. The Bertz CT molecular complexity index is 1400. The fraction of sp³-hybridized carbons (Fsp3) is 0.290. The summed E-state index contributed by atoms with van der Waals surface area (Å²) < 4.78 is 12.4. The Kier molecular flexibility index (Phi) is 8.69. The van der Waals surface area contributed by atoms with Gasteiger partial charge in [-0.15, -0.1) is 0 Å². The molecule has 0 aliphatic heterocycles. The molecule has 0 saturated carbocycles. The number of nitrogens with zero attached hydrogens (tertiary/aromatic N) is 3. The van der Waals surface area contributed by atoms with Gasteiger partial charge in [-0.2, -0.15) is 0 Å². The molecule has 0 aliphatic carbocycles. The lowest BCUT2D eigenvalue weighted by Gasteiger charge is -2.18. The van der Waals surface area contributed by atoms with Gasteiger partial charge in [-0.1, -0.05) is 33.3 Å². The average molecular weight is 512 g/mol. The van der Waals surface area contributed by atoms with Gasteiger partial charge in [0, 0.05) is 24.2 Å². The first-order chi connectivity index (χ1) is 18.4. The van der Waals surface area contributed by atoms with Crippen LogP contribution in [0.1, 0.15) is 45.1 Å². The molecule has 7 heteroatoms. The van der Waals surface area contributed by atoms with E-state index in [0.29, 0.717) is 11.4 Å². The molecule has 0 saturated heterocycles. The summed E-state index contributed by atoms with van der Waals surface area (Å²) in [6.07, 6.45) is 7.85. The van der Waals surface area contributed by atoms with Gasteiger partial charge in [0.25, 0.3) is 0 Å². The lowest BCUT2D eigenvalue weighted by molar-refractivity contribution is 0.184. The van der Waals surface area contributed by atoms with Crippen LogP contribution in [0.3, 0.4) is 0 Å². The topological polar surface area (TPSA) is 85.5 Å². The van der Waals surface area contributed by atoms with Crippen LogP contribution in [0.4, 0.5) is 22.9 Å². The van der Waals surface area contributed by atoms with Crippen molar-refractivity contribution in [3.63, 3.8) is 0 Å². The highest BCUT2D eigenvalue weighted by Crippen LogP contribution is 2.33. The van der Waals surface area contributed by atoms with Gasteiger partial charge in [0.2, 0.25) is 0 Å². The van der Waals surface area contributed by atoms with Crippen molar-refractivity contribution in [1.29, 1.82) is 0 Å². The van der Waals surface area contributed by atoms with Crippen LogP contribution in [0.25, 0.3) is 10.9 Å². The van der Waals surface area contributed by atoms with Gasteiger partial charge in [0.1, 0.15) is 29.4 Å². The van der Waals surface area contributed by atoms with Gasteiger partial charge in [-0.3, -0.25) is 0 Å². The number of nitrogens with two attached hydrogens (primary N) is 1. The number of benzene rings is 3. The molecule has 7 nitrogen and oxygen atoms in total. The minimum Gasteiger partial charge on any atom is -0.490 e. The molecule has 1 heterocycles. The summed E-state index contributed by atoms with van der Waals surface area (Å²) in [5, 5.41) is 4.36. The number of aryl methyl sites for hydroxylation is 1. The Balaban J connectivity index is 1.52. The van der Waals surface area contributed by atoms with Crippen molar-refractivity contribution in [3.8, 4) is 17.2 Å². The molecule has 0 fully saturated rings. The number of anilines is 4. The molecule has 4 rings (SSSR count). The van der Waals surface area contributed by atoms with Gasteiger partial charge < -0.3 is 25.4 Å². The average Bonchev–Trinajstić information content (AvgIpc) is 2.92. The summed E-state index contributed by atoms with van der Waals surface area (Å²) in [7, 11) is 1.90. The number of hydrogen-bond acceptors (Lipinski definition) is 7. The highest BCUT2D eigenvalue weighted by molar-refractivity contribution is 5.91. The Morgan fingerprint density at radius 2 is 1.87 bits per heavy atom. The van der Waals surface area contributed by atoms with Gasteiger partial charge in [0.05, 0.1) is 23.0 Å². The molecule has 4 aromatic rings. The monoisotopic (exact) mass is 511 g/mol. The summed E-state index contributed by atoms with van der Waals surface area (Å²) in [5.74, 6) is 2.99. The van der Waals surface area contributed by atoms with Crippen LogP contribution in [0.15, 0.2) is 73.7 Å². The Morgan fingerprint density at radius 1 is 1.05 bits per heavy atom. The smallest absolute Gasteiger partial charge is 0.141 e. The van der Waals surface area contributed by atoms with Crippen LogP contribution in [-0.2, 0) is 0 Å². The zero-order valence-electron chi connectivity index (χ0n) is 22.7. The van der Waals surface area contributed by atoms with Crippen molar-refractivity contribution in [3.05, 3.63) is 79.3 Å². The molecule has 0 aliphatic rings. The number of nitrogen functional groups attached to an aromatic ring is 1. The maximum atomic E-state index is 6.29. The molecular formula is C31H37N5O2. The molecule has 0 radical (unpaired) electrons. The number of ether oxygens (including phenoxy) is 2. The maximum absolute atomic E-state index is 6.29. The van der Waals surface area contributed by atoms with E-state index in [-0.39, 0.29) is 6.10 Å².